The Morgan fingerprint density at radius 2 is 1.67 bits per heavy atom. The molecule has 4 nitrogen and oxygen atoms in total. The van der Waals surface area contributed by atoms with Gasteiger partial charge in [0.15, 0.2) is 0 Å². The van der Waals surface area contributed by atoms with Gasteiger partial charge in [-0.3, -0.25) is 9.78 Å². The van der Waals surface area contributed by atoms with E-state index in [0.29, 0.717) is 0 Å². The second-order valence-electron chi connectivity index (χ2n) is 5.74. The number of hydrogen-bond donors (Lipinski definition) is 2. The number of amides is 1. The van der Waals surface area contributed by atoms with Crippen molar-refractivity contribution in [2.75, 3.05) is 0 Å². The maximum absolute atomic E-state index is 12.1. The van der Waals surface area contributed by atoms with E-state index >= 15 is 0 Å². The van der Waals surface area contributed by atoms with Crippen LogP contribution in [0.3, 0.4) is 0 Å². The van der Waals surface area contributed by atoms with E-state index in [-0.39, 0.29) is 48.7 Å². The predicted molar refractivity (Wildman–Crippen MR) is 104 cm³/mol. The fraction of sp³-hybridized carbons (Fsp3) is 0.333. The van der Waals surface area contributed by atoms with Crippen molar-refractivity contribution in [2.24, 2.45) is 11.7 Å². The molecule has 2 aromatic rings. The van der Waals surface area contributed by atoms with Gasteiger partial charge < -0.3 is 11.1 Å². The SMILES string of the molecule is CC(NC(=O)C(C)C(C)N)c1ccc(-c2cccnc2)cc1.Cl.Cl. The van der Waals surface area contributed by atoms with Gasteiger partial charge in [-0.1, -0.05) is 37.3 Å². The van der Waals surface area contributed by atoms with Crippen LogP contribution in [-0.4, -0.2) is 16.9 Å². The van der Waals surface area contributed by atoms with Crippen LogP contribution in [0.15, 0.2) is 48.8 Å². The Morgan fingerprint density at radius 1 is 1.04 bits per heavy atom. The van der Waals surface area contributed by atoms with Crippen LogP contribution in [0, 0.1) is 5.92 Å². The Labute approximate surface area is 156 Å². The first-order valence-corrected chi connectivity index (χ1v) is 7.55. The van der Waals surface area contributed by atoms with Gasteiger partial charge in [0.25, 0.3) is 0 Å². The van der Waals surface area contributed by atoms with Crippen LogP contribution < -0.4 is 11.1 Å². The topological polar surface area (TPSA) is 68.0 Å². The van der Waals surface area contributed by atoms with Gasteiger partial charge in [0, 0.05) is 24.4 Å². The average molecular weight is 370 g/mol. The summed E-state index contributed by atoms with van der Waals surface area (Å²) >= 11 is 0. The molecule has 0 radical (unpaired) electrons. The van der Waals surface area contributed by atoms with Gasteiger partial charge in [0.1, 0.15) is 0 Å². The first kappa shape index (κ1) is 22.4. The Hall–Kier alpha value is -1.62. The molecule has 1 aromatic carbocycles. The Kier molecular flexibility index (Phi) is 9.59. The fourth-order valence-electron chi connectivity index (χ4n) is 2.16. The number of nitrogens with one attached hydrogen (secondary N) is 1. The minimum absolute atomic E-state index is 0. The summed E-state index contributed by atoms with van der Waals surface area (Å²) in [7, 11) is 0. The monoisotopic (exact) mass is 369 g/mol. The molecule has 24 heavy (non-hydrogen) atoms. The molecule has 0 spiro atoms. The molecule has 0 saturated carbocycles. The molecule has 1 aromatic heterocycles. The van der Waals surface area contributed by atoms with Crippen LogP contribution in [-0.2, 0) is 4.79 Å². The summed E-state index contributed by atoms with van der Waals surface area (Å²) in [6.07, 6.45) is 3.60. The highest BCUT2D eigenvalue weighted by atomic mass is 35.5. The second kappa shape index (κ2) is 10.3. The van der Waals surface area contributed by atoms with Crippen LogP contribution in [0.5, 0.6) is 0 Å². The maximum atomic E-state index is 12.1. The van der Waals surface area contributed by atoms with Gasteiger partial charge in [-0.05, 0) is 36.6 Å². The number of rotatable bonds is 5. The molecule has 6 heteroatoms. The molecule has 0 aliphatic heterocycles. The van der Waals surface area contributed by atoms with Crippen LogP contribution in [0.4, 0.5) is 0 Å². The first-order valence-electron chi connectivity index (χ1n) is 7.55. The van der Waals surface area contributed by atoms with Crippen molar-refractivity contribution in [2.45, 2.75) is 32.9 Å². The summed E-state index contributed by atoms with van der Waals surface area (Å²) < 4.78 is 0. The molecule has 0 fully saturated rings. The van der Waals surface area contributed by atoms with E-state index in [1.54, 1.807) is 6.20 Å². The number of halogens is 2. The number of carbonyl (C=O) groups is 1. The zero-order chi connectivity index (χ0) is 16.1. The molecular formula is C18H25Cl2N3O. The molecule has 2 rings (SSSR count). The van der Waals surface area contributed by atoms with Crippen LogP contribution >= 0.6 is 24.8 Å². The number of hydrogen-bond acceptors (Lipinski definition) is 3. The molecule has 0 saturated heterocycles. The van der Waals surface area contributed by atoms with E-state index in [4.69, 9.17) is 5.73 Å². The van der Waals surface area contributed by atoms with Crippen molar-refractivity contribution in [3.05, 3.63) is 54.4 Å². The Morgan fingerprint density at radius 3 is 2.17 bits per heavy atom. The smallest absolute Gasteiger partial charge is 0.224 e. The first-order chi connectivity index (χ1) is 10.5. The van der Waals surface area contributed by atoms with E-state index < -0.39 is 0 Å². The summed E-state index contributed by atoms with van der Waals surface area (Å²) in [4.78, 5) is 16.2. The standard InChI is InChI=1S/C18H23N3O.2ClH/c1-12(13(2)19)18(22)21-14(3)15-6-8-16(9-7-15)17-5-4-10-20-11-17;;/h4-14H,19H2,1-3H3,(H,21,22);2*1H. The maximum Gasteiger partial charge on any atom is 0.224 e. The minimum atomic E-state index is -0.197. The number of pyridine rings is 1. The van der Waals surface area contributed by atoms with Crippen molar-refractivity contribution >= 4 is 30.7 Å². The van der Waals surface area contributed by atoms with Crippen LogP contribution in [0.25, 0.3) is 11.1 Å². The molecule has 132 valence electrons. The summed E-state index contributed by atoms with van der Waals surface area (Å²) in [5, 5.41) is 3.01. The molecule has 0 aliphatic rings. The van der Waals surface area contributed by atoms with Gasteiger partial charge in [-0.2, -0.15) is 0 Å². The highest BCUT2D eigenvalue weighted by Gasteiger charge is 2.19. The number of nitrogens with zero attached hydrogens (tertiary/aromatic N) is 1. The second-order valence-corrected chi connectivity index (χ2v) is 5.74. The van der Waals surface area contributed by atoms with Gasteiger partial charge in [-0.25, -0.2) is 0 Å². The number of carbonyl (C=O) groups excluding carboxylic acids is 1. The summed E-state index contributed by atoms with van der Waals surface area (Å²) in [5.41, 5.74) is 9.03. The minimum Gasteiger partial charge on any atom is -0.349 e. The Bertz CT molecular complexity index is 618. The lowest BCUT2D eigenvalue weighted by Crippen LogP contribution is -2.39. The third kappa shape index (κ3) is 5.78. The molecule has 0 bridgehead atoms. The number of benzene rings is 1. The fourth-order valence-corrected chi connectivity index (χ4v) is 2.16. The molecule has 3 unspecified atom stereocenters. The lowest BCUT2D eigenvalue weighted by Gasteiger charge is -2.20. The van der Waals surface area contributed by atoms with Crippen molar-refractivity contribution in [1.82, 2.24) is 10.3 Å². The van der Waals surface area contributed by atoms with E-state index in [0.717, 1.165) is 16.7 Å². The number of nitrogens with two attached hydrogens (primary N) is 1. The van der Waals surface area contributed by atoms with Crippen LogP contribution in [0.2, 0.25) is 0 Å². The third-order valence-electron chi connectivity index (χ3n) is 3.97. The van der Waals surface area contributed by atoms with Crippen molar-refractivity contribution in [3.63, 3.8) is 0 Å². The van der Waals surface area contributed by atoms with Gasteiger partial charge in [-0.15, -0.1) is 24.8 Å². The zero-order valence-corrected chi connectivity index (χ0v) is 15.7. The zero-order valence-electron chi connectivity index (χ0n) is 14.1. The van der Waals surface area contributed by atoms with E-state index in [9.17, 15) is 4.79 Å². The summed E-state index contributed by atoms with van der Waals surface area (Å²) in [6.45, 7) is 5.67. The lowest BCUT2D eigenvalue weighted by molar-refractivity contribution is -0.125. The largest absolute Gasteiger partial charge is 0.349 e. The summed E-state index contributed by atoms with van der Waals surface area (Å²) in [5.74, 6) is -0.212. The quantitative estimate of drug-likeness (QED) is 0.842. The molecule has 3 atom stereocenters. The van der Waals surface area contributed by atoms with Gasteiger partial charge >= 0.3 is 0 Å². The molecule has 3 N–H and O–H groups in total. The van der Waals surface area contributed by atoms with Crippen molar-refractivity contribution in [1.29, 1.82) is 0 Å². The Balaban J connectivity index is 0.00000264. The van der Waals surface area contributed by atoms with E-state index in [1.165, 1.54) is 0 Å². The molecule has 0 aliphatic carbocycles. The lowest BCUT2D eigenvalue weighted by atomic mass is 10.0. The number of aromatic nitrogens is 1. The van der Waals surface area contributed by atoms with E-state index in [2.05, 4.69) is 10.3 Å². The highest BCUT2D eigenvalue weighted by molar-refractivity contribution is 5.85. The molecular weight excluding hydrogens is 345 g/mol. The third-order valence-corrected chi connectivity index (χ3v) is 3.97. The normalized spacial score (nSPS) is 13.7. The average Bonchev–Trinajstić information content (AvgIpc) is 2.54. The highest BCUT2D eigenvalue weighted by Crippen LogP contribution is 2.21. The van der Waals surface area contributed by atoms with Crippen molar-refractivity contribution in [3.8, 4) is 11.1 Å². The van der Waals surface area contributed by atoms with Crippen LogP contribution in [0.1, 0.15) is 32.4 Å². The van der Waals surface area contributed by atoms with Gasteiger partial charge in [0.05, 0.1) is 6.04 Å². The summed E-state index contributed by atoms with van der Waals surface area (Å²) in [6, 6.07) is 11.9. The van der Waals surface area contributed by atoms with Crippen molar-refractivity contribution < 1.29 is 4.79 Å². The van der Waals surface area contributed by atoms with Gasteiger partial charge in [0.2, 0.25) is 5.91 Å². The van der Waals surface area contributed by atoms with E-state index in [1.807, 2.05) is 63.4 Å². The predicted octanol–water partition coefficient (Wildman–Crippen LogP) is 3.75. The molecule has 1 amide bonds. The molecule has 1 heterocycles.